The highest BCUT2D eigenvalue weighted by molar-refractivity contribution is 14.1. The van der Waals surface area contributed by atoms with E-state index in [0.29, 0.717) is 12.1 Å². The van der Waals surface area contributed by atoms with Gasteiger partial charge in [-0.1, -0.05) is 0 Å². The zero-order valence-electron chi connectivity index (χ0n) is 9.97. The van der Waals surface area contributed by atoms with Crippen LogP contribution in [0.15, 0.2) is 18.2 Å². The molecule has 1 aromatic rings. The fourth-order valence-corrected chi connectivity index (χ4v) is 2.95. The van der Waals surface area contributed by atoms with E-state index in [9.17, 15) is 4.39 Å². The van der Waals surface area contributed by atoms with E-state index >= 15 is 0 Å². The maximum Gasteiger partial charge on any atom is 0.124 e. The third kappa shape index (κ3) is 3.81. The average Bonchev–Trinajstić information content (AvgIpc) is 2.75. The van der Waals surface area contributed by atoms with Crippen molar-refractivity contribution in [3.63, 3.8) is 0 Å². The highest BCUT2D eigenvalue weighted by Gasteiger charge is 2.17. The number of hydrogen-bond donors (Lipinski definition) is 2. The Bertz CT molecular complexity index is 378. The van der Waals surface area contributed by atoms with Crippen LogP contribution < -0.4 is 10.6 Å². The molecule has 1 aromatic carbocycles. The van der Waals surface area contributed by atoms with Gasteiger partial charge in [0.25, 0.3) is 0 Å². The maximum atomic E-state index is 13.0. The molecule has 4 heteroatoms. The van der Waals surface area contributed by atoms with Gasteiger partial charge in [0.1, 0.15) is 5.82 Å². The van der Waals surface area contributed by atoms with Crippen molar-refractivity contribution in [2.75, 3.05) is 11.9 Å². The van der Waals surface area contributed by atoms with Crippen LogP contribution in [-0.2, 0) is 0 Å². The summed E-state index contributed by atoms with van der Waals surface area (Å²) in [6, 6.07) is 5.92. The molecule has 0 amide bonds. The lowest BCUT2D eigenvalue weighted by Crippen LogP contribution is -2.29. The van der Waals surface area contributed by atoms with Gasteiger partial charge in [0.15, 0.2) is 0 Å². The van der Waals surface area contributed by atoms with Crippen molar-refractivity contribution in [3.05, 3.63) is 27.6 Å². The summed E-state index contributed by atoms with van der Waals surface area (Å²) in [6.45, 7) is 3.32. The molecule has 1 saturated heterocycles. The summed E-state index contributed by atoms with van der Waals surface area (Å²) in [7, 11) is 0. The minimum absolute atomic E-state index is 0.176. The van der Waals surface area contributed by atoms with Crippen LogP contribution in [0, 0.1) is 9.39 Å². The summed E-state index contributed by atoms with van der Waals surface area (Å²) < 4.78 is 13.9. The predicted octanol–water partition coefficient (Wildman–Crippen LogP) is 3.37. The zero-order valence-corrected chi connectivity index (χ0v) is 12.1. The molecule has 94 valence electrons. The van der Waals surface area contributed by atoms with E-state index in [0.717, 1.165) is 22.2 Å². The van der Waals surface area contributed by atoms with Crippen molar-refractivity contribution in [3.8, 4) is 0 Å². The van der Waals surface area contributed by atoms with Crippen molar-refractivity contribution in [2.45, 2.75) is 38.3 Å². The van der Waals surface area contributed by atoms with Crippen molar-refractivity contribution in [1.82, 2.24) is 5.32 Å². The van der Waals surface area contributed by atoms with Crippen molar-refractivity contribution < 1.29 is 4.39 Å². The van der Waals surface area contributed by atoms with Crippen molar-refractivity contribution in [1.29, 1.82) is 0 Å². The standard InChI is InChI=1S/C13H18FIN2/c1-9(7-11-3-2-6-16-11)17-13-5-4-10(14)8-12(13)15/h4-5,8-9,11,16-17H,2-3,6-7H2,1H3. The molecule has 0 radical (unpaired) electrons. The summed E-state index contributed by atoms with van der Waals surface area (Å²) in [4.78, 5) is 0. The normalized spacial score (nSPS) is 21.5. The van der Waals surface area contributed by atoms with Gasteiger partial charge in [0, 0.05) is 21.3 Å². The lowest BCUT2D eigenvalue weighted by atomic mass is 10.1. The van der Waals surface area contributed by atoms with Crippen LogP contribution >= 0.6 is 22.6 Å². The topological polar surface area (TPSA) is 24.1 Å². The van der Waals surface area contributed by atoms with Gasteiger partial charge in [0.05, 0.1) is 0 Å². The number of nitrogens with one attached hydrogen (secondary N) is 2. The Morgan fingerprint density at radius 3 is 3.06 bits per heavy atom. The van der Waals surface area contributed by atoms with Gasteiger partial charge in [-0.05, 0) is 73.5 Å². The number of benzene rings is 1. The molecular weight excluding hydrogens is 330 g/mol. The van der Waals surface area contributed by atoms with E-state index in [4.69, 9.17) is 0 Å². The lowest BCUT2D eigenvalue weighted by molar-refractivity contribution is 0.523. The van der Waals surface area contributed by atoms with Gasteiger partial charge in [-0.15, -0.1) is 0 Å². The van der Waals surface area contributed by atoms with Crippen LogP contribution in [0.4, 0.5) is 10.1 Å². The Hall–Kier alpha value is -0.360. The first-order chi connectivity index (χ1) is 8.15. The maximum absolute atomic E-state index is 13.0. The number of halogens is 2. The van der Waals surface area contributed by atoms with Gasteiger partial charge in [-0.2, -0.15) is 0 Å². The second kappa shape index (κ2) is 6.00. The average molecular weight is 348 g/mol. The summed E-state index contributed by atoms with van der Waals surface area (Å²) in [5, 5.41) is 6.95. The first kappa shape index (κ1) is 13.1. The Kier molecular flexibility index (Phi) is 4.62. The third-order valence-electron chi connectivity index (χ3n) is 3.13. The molecule has 2 nitrogen and oxygen atoms in total. The molecular formula is C13H18FIN2. The van der Waals surface area contributed by atoms with E-state index in [2.05, 4.69) is 40.1 Å². The lowest BCUT2D eigenvalue weighted by Gasteiger charge is -2.20. The summed E-state index contributed by atoms with van der Waals surface area (Å²) in [6.07, 6.45) is 3.67. The van der Waals surface area contributed by atoms with Gasteiger partial charge >= 0.3 is 0 Å². The minimum atomic E-state index is -0.176. The van der Waals surface area contributed by atoms with Gasteiger partial charge in [-0.25, -0.2) is 4.39 Å². The molecule has 0 aliphatic carbocycles. The van der Waals surface area contributed by atoms with Crippen LogP contribution in [0.1, 0.15) is 26.2 Å². The SMILES string of the molecule is CC(CC1CCCN1)Nc1ccc(F)cc1I. The smallest absolute Gasteiger partial charge is 0.124 e. The second-order valence-corrected chi connectivity index (χ2v) is 5.86. The van der Waals surface area contributed by atoms with E-state index in [1.54, 1.807) is 6.07 Å². The monoisotopic (exact) mass is 348 g/mol. The van der Waals surface area contributed by atoms with E-state index in [-0.39, 0.29) is 5.82 Å². The predicted molar refractivity (Wildman–Crippen MR) is 77.8 cm³/mol. The van der Waals surface area contributed by atoms with E-state index in [1.165, 1.54) is 18.9 Å². The number of anilines is 1. The van der Waals surface area contributed by atoms with Crippen LogP contribution in [0.3, 0.4) is 0 Å². The molecule has 17 heavy (non-hydrogen) atoms. The van der Waals surface area contributed by atoms with Crippen molar-refractivity contribution in [2.24, 2.45) is 0 Å². The summed E-state index contributed by atoms with van der Waals surface area (Å²) in [5.41, 5.74) is 1.03. The van der Waals surface area contributed by atoms with E-state index < -0.39 is 0 Å². The van der Waals surface area contributed by atoms with Crippen LogP contribution in [-0.4, -0.2) is 18.6 Å². The van der Waals surface area contributed by atoms with Crippen LogP contribution in [0.5, 0.6) is 0 Å². The fraction of sp³-hybridized carbons (Fsp3) is 0.538. The molecule has 2 N–H and O–H groups in total. The van der Waals surface area contributed by atoms with Gasteiger partial charge in [0.2, 0.25) is 0 Å². The number of hydrogen-bond acceptors (Lipinski definition) is 2. The zero-order chi connectivity index (χ0) is 12.3. The summed E-state index contributed by atoms with van der Waals surface area (Å²) in [5.74, 6) is -0.176. The Balaban J connectivity index is 1.90. The molecule has 1 fully saturated rings. The van der Waals surface area contributed by atoms with Gasteiger partial charge < -0.3 is 10.6 Å². The quantitative estimate of drug-likeness (QED) is 0.816. The van der Waals surface area contributed by atoms with Gasteiger partial charge in [-0.3, -0.25) is 0 Å². The highest BCUT2D eigenvalue weighted by Crippen LogP contribution is 2.21. The van der Waals surface area contributed by atoms with E-state index in [1.807, 2.05) is 6.07 Å². The highest BCUT2D eigenvalue weighted by atomic mass is 127. The first-order valence-electron chi connectivity index (χ1n) is 6.10. The summed E-state index contributed by atoms with van der Waals surface area (Å²) >= 11 is 2.17. The second-order valence-electron chi connectivity index (χ2n) is 4.70. The molecule has 1 aliphatic heterocycles. The largest absolute Gasteiger partial charge is 0.382 e. The minimum Gasteiger partial charge on any atom is -0.382 e. The molecule has 0 saturated carbocycles. The fourth-order valence-electron chi connectivity index (χ4n) is 2.32. The van der Waals surface area contributed by atoms with Crippen LogP contribution in [0.25, 0.3) is 0 Å². The number of rotatable bonds is 4. The van der Waals surface area contributed by atoms with Crippen molar-refractivity contribution >= 4 is 28.3 Å². The molecule has 0 spiro atoms. The molecule has 2 rings (SSSR count). The Morgan fingerprint density at radius 2 is 2.41 bits per heavy atom. The van der Waals surface area contributed by atoms with Crippen LogP contribution in [0.2, 0.25) is 0 Å². The molecule has 1 aliphatic rings. The molecule has 2 unspecified atom stereocenters. The molecule has 2 atom stereocenters. The Labute approximate surface area is 116 Å². The first-order valence-corrected chi connectivity index (χ1v) is 7.18. The molecule has 0 aromatic heterocycles. The Morgan fingerprint density at radius 1 is 1.59 bits per heavy atom. The third-order valence-corrected chi connectivity index (χ3v) is 4.03. The molecule has 0 bridgehead atoms. The molecule has 1 heterocycles.